The molecular weight excluding hydrogens is 308 g/mol. The second kappa shape index (κ2) is 9.23. The monoisotopic (exact) mass is 328 g/mol. The molecule has 0 unspecified atom stereocenters. The van der Waals surface area contributed by atoms with Gasteiger partial charge in [0.25, 0.3) is 0 Å². The van der Waals surface area contributed by atoms with Gasteiger partial charge in [-0.2, -0.15) is 0 Å². The summed E-state index contributed by atoms with van der Waals surface area (Å²) < 4.78 is 11.8. The van der Waals surface area contributed by atoms with E-state index in [0.29, 0.717) is 12.8 Å². The quantitative estimate of drug-likeness (QED) is 0.777. The van der Waals surface area contributed by atoms with E-state index < -0.39 is 0 Å². The van der Waals surface area contributed by atoms with Gasteiger partial charge in [0, 0.05) is 22.9 Å². The minimum atomic E-state index is -0.205. The normalized spacial score (nSPS) is 15.5. The highest BCUT2D eigenvalue weighted by Crippen LogP contribution is 2.15. The van der Waals surface area contributed by atoms with Crippen molar-refractivity contribution in [1.29, 1.82) is 0 Å². The molecule has 0 radical (unpaired) electrons. The van der Waals surface area contributed by atoms with E-state index in [9.17, 15) is 4.79 Å². The van der Waals surface area contributed by atoms with Gasteiger partial charge >= 0.3 is 0 Å². The molecule has 1 aliphatic heterocycles. The Morgan fingerprint density at radius 2 is 1.79 bits per heavy atom. The Labute approximate surface area is 123 Å². The second-order valence-corrected chi connectivity index (χ2v) is 4.91. The number of Topliss-reactive ketones (excluding diaryl/α,β-unsaturated/α-hetero) is 1. The summed E-state index contributed by atoms with van der Waals surface area (Å²) in [7, 11) is 0. The number of carbonyl (C=O) groups excluding carboxylic acids is 1. The highest BCUT2D eigenvalue weighted by molar-refractivity contribution is 9.10. The van der Waals surface area contributed by atoms with Gasteiger partial charge in [0.05, 0.1) is 13.2 Å². The van der Waals surface area contributed by atoms with Crippen molar-refractivity contribution < 1.29 is 14.3 Å². The second-order valence-electron chi connectivity index (χ2n) is 3.99. The molecule has 0 aromatic heterocycles. The van der Waals surface area contributed by atoms with Crippen LogP contribution < -0.4 is 0 Å². The van der Waals surface area contributed by atoms with Gasteiger partial charge in [-0.3, -0.25) is 4.79 Å². The van der Waals surface area contributed by atoms with E-state index in [1.54, 1.807) is 0 Å². The number of ketones is 1. The molecule has 0 aliphatic carbocycles. The summed E-state index contributed by atoms with van der Waals surface area (Å²) in [5, 5.41) is 0. The highest BCUT2D eigenvalue weighted by Gasteiger charge is 2.16. The number of benzene rings is 1. The summed E-state index contributed by atoms with van der Waals surface area (Å²) >= 11 is 3.34. The zero-order valence-corrected chi connectivity index (χ0v) is 13.1. The average molecular weight is 329 g/mol. The molecule has 1 fully saturated rings. The molecular formula is C15H21BrO3. The smallest absolute Gasteiger partial charge is 0.163 e. The van der Waals surface area contributed by atoms with Gasteiger partial charge in [-0.05, 0) is 18.6 Å². The Morgan fingerprint density at radius 3 is 2.37 bits per heavy atom. The van der Waals surface area contributed by atoms with Crippen LogP contribution in [0.25, 0.3) is 0 Å². The summed E-state index contributed by atoms with van der Waals surface area (Å²) in [6, 6.07) is 7.41. The van der Waals surface area contributed by atoms with Gasteiger partial charge in [0.2, 0.25) is 0 Å². The minimum absolute atomic E-state index is 0.135. The van der Waals surface area contributed by atoms with E-state index in [1.807, 2.05) is 38.1 Å². The molecule has 0 spiro atoms. The van der Waals surface area contributed by atoms with Gasteiger partial charge in [0.1, 0.15) is 0 Å². The molecule has 106 valence electrons. The van der Waals surface area contributed by atoms with E-state index in [2.05, 4.69) is 15.9 Å². The number of halogens is 1. The Kier molecular flexibility index (Phi) is 7.94. The molecule has 4 heteroatoms. The third kappa shape index (κ3) is 5.85. The number of carbonyl (C=O) groups is 1. The Balaban J connectivity index is 0.000000861. The molecule has 2 rings (SSSR count). The van der Waals surface area contributed by atoms with E-state index in [-0.39, 0.29) is 12.1 Å². The van der Waals surface area contributed by atoms with Crippen molar-refractivity contribution in [2.75, 3.05) is 13.2 Å². The van der Waals surface area contributed by atoms with E-state index in [0.717, 1.165) is 29.7 Å². The van der Waals surface area contributed by atoms with E-state index >= 15 is 0 Å². The fourth-order valence-electron chi connectivity index (χ4n) is 1.73. The molecule has 0 saturated carbocycles. The van der Waals surface area contributed by atoms with Crippen molar-refractivity contribution in [1.82, 2.24) is 0 Å². The van der Waals surface area contributed by atoms with Crippen molar-refractivity contribution in [2.24, 2.45) is 0 Å². The van der Waals surface area contributed by atoms with Crippen LogP contribution in [0.3, 0.4) is 0 Å². The lowest BCUT2D eigenvalue weighted by Crippen LogP contribution is -2.25. The number of ether oxygens (including phenoxy) is 2. The fraction of sp³-hybridized carbons (Fsp3) is 0.533. The Hall–Kier alpha value is -0.710. The van der Waals surface area contributed by atoms with Crippen LogP contribution in [0, 0.1) is 0 Å². The summed E-state index contributed by atoms with van der Waals surface area (Å²) in [6.45, 7) is 5.47. The molecule has 0 N–H and O–H groups in total. The number of hydrogen-bond acceptors (Lipinski definition) is 3. The molecule has 19 heavy (non-hydrogen) atoms. The first-order chi connectivity index (χ1) is 9.25. The van der Waals surface area contributed by atoms with Gasteiger partial charge in [0.15, 0.2) is 12.1 Å². The lowest BCUT2D eigenvalue weighted by Gasteiger charge is -2.22. The maximum atomic E-state index is 11.9. The largest absolute Gasteiger partial charge is 0.353 e. The highest BCUT2D eigenvalue weighted by atomic mass is 79.9. The molecule has 1 saturated heterocycles. The lowest BCUT2D eigenvalue weighted by atomic mass is 10.1. The van der Waals surface area contributed by atoms with Crippen molar-refractivity contribution >= 4 is 21.7 Å². The van der Waals surface area contributed by atoms with Crippen LogP contribution in [0.15, 0.2) is 28.7 Å². The van der Waals surface area contributed by atoms with Crippen LogP contribution in [-0.4, -0.2) is 25.3 Å². The molecule has 0 bridgehead atoms. The zero-order valence-electron chi connectivity index (χ0n) is 11.5. The van der Waals surface area contributed by atoms with Crippen molar-refractivity contribution in [3.05, 3.63) is 34.3 Å². The molecule has 3 nitrogen and oxygen atoms in total. The summed E-state index contributed by atoms with van der Waals surface area (Å²) in [4.78, 5) is 11.9. The van der Waals surface area contributed by atoms with Gasteiger partial charge < -0.3 is 9.47 Å². The third-order valence-corrected chi connectivity index (χ3v) is 3.20. The van der Waals surface area contributed by atoms with Gasteiger partial charge in [-0.1, -0.05) is 41.9 Å². The van der Waals surface area contributed by atoms with Crippen LogP contribution in [0.5, 0.6) is 0 Å². The summed E-state index contributed by atoms with van der Waals surface area (Å²) in [5.41, 5.74) is 0.740. The lowest BCUT2D eigenvalue weighted by molar-refractivity contribution is -0.180. The van der Waals surface area contributed by atoms with Crippen LogP contribution in [0.4, 0.5) is 0 Å². The van der Waals surface area contributed by atoms with Crippen LogP contribution >= 0.6 is 15.9 Å². The van der Waals surface area contributed by atoms with Gasteiger partial charge in [-0.25, -0.2) is 0 Å². The molecule has 1 aliphatic rings. The van der Waals surface area contributed by atoms with Crippen LogP contribution in [0.2, 0.25) is 0 Å². The first kappa shape index (κ1) is 16.3. The molecule has 1 aromatic carbocycles. The van der Waals surface area contributed by atoms with Crippen molar-refractivity contribution in [3.63, 3.8) is 0 Å². The van der Waals surface area contributed by atoms with Crippen LogP contribution in [-0.2, 0) is 9.47 Å². The predicted octanol–water partition coefficient (Wildman–Crippen LogP) is 4.20. The molecule has 0 atom stereocenters. The van der Waals surface area contributed by atoms with E-state index in [4.69, 9.17) is 9.47 Å². The Bertz CT molecular complexity index is 369. The third-order valence-electron chi connectivity index (χ3n) is 2.67. The fourth-order valence-corrected chi connectivity index (χ4v) is 2.00. The molecule has 1 aromatic rings. The number of rotatable bonds is 4. The van der Waals surface area contributed by atoms with Crippen LogP contribution in [0.1, 0.15) is 43.5 Å². The van der Waals surface area contributed by atoms with Crippen molar-refractivity contribution in [2.45, 2.75) is 39.4 Å². The standard InChI is InChI=1S/C13H15BrO3.C2H6/c14-11-4-2-10(3-5-11)12(15)6-7-13-16-8-1-9-17-13;1-2/h2-5,13H,1,6-9H2;1-2H3. The summed E-state index contributed by atoms with van der Waals surface area (Å²) in [6.07, 6.45) is 1.83. The summed E-state index contributed by atoms with van der Waals surface area (Å²) in [5.74, 6) is 0.135. The number of hydrogen-bond donors (Lipinski definition) is 0. The first-order valence-electron chi connectivity index (χ1n) is 6.78. The Morgan fingerprint density at radius 1 is 1.21 bits per heavy atom. The predicted molar refractivity (Wildman–Crippen MR) is 79.4 cm³/mol. The maximum absolute atomic E-state index is 11.9. The molecule has 1 heterocycles. The van der Waals surface area contributed by atoms with E-state index in [1.165, 1.54) is 0 Å². The average Bonchev–Trinajstić information content (AvgIpc) is 2.49. The van der Waals surface area contributed by atoms with Crippen molar-refractivity contribution in [3.8, 4) is 0 Å². The topological polar surface area (TPSA) is 35.5 Å². The molecule has 0 amide bonds. The zero-order chi connectivity index (χ0) is 14.1. The SMILES string of the molecule is CC.O=C(CCC1OCCCO1)c1ccc(Br)cc1. The van der Waals surface area contributed by atoms with Gasteiger partial charge in [-0.15, -0.1) is 0 Å². The maximum Gasteiger partial charge on any atom is 0.163 e. The first-order valence-corrected chi connectivity index (χ1v) is 7.57. The minimum Gasteiger partial charge on any atom is -0.353 e.